The Kier molecular flexibility index (Phi) is 5.35. The fourth-order valence-corrected chi connectivity index (χ4v) is 3.04. The number of carboxylic acid groups (broad SMARTS) is 1. The summed E-state index contributed by atoms with van der Waals surface area (Å²) >= 11 is 1.29. The van der Waals surface area contributed by atoms with E-state index in [4.69, 9.17) is 0 Å². The zero-order valence-corrected chi connectivity index (χ0v) is 13.3. The Labute approximate surface area is 119 Å². The molecule has 0 fully saturated rings. The van der Waals surface area contributed by atoms with Crippen LogP contribution in [0.3, 0.4) is 0 Å². The predicted octanol–water partition coefficient (Wildman–Crippen LogP) is 3.77. The molecule has 1 heterocycles. The first kappa shape index (κ1) is 16.0. The van der Waals surface area contributed by atoms with Gasteiger partial charge in [-0.15, -0.1) is 0 Å². The molecule has 0 saturated heterocycles. The van der Waals surface area contributed by atoms with E-state index in [-0.39, 0.29) is 5.41 Å². The SMILES string of the molecule is CCCCN(CC)c1nc(C(C)(C)C)c(C(=O)O)s1. The summed E-state index contributed by atoms with van der Waals surface area (Å²) in [5.41, 5.74) is 0.446. The highest BCUT2D eigenvalue weighted by molar-refractivity contribution is 7.17. The van der Waals surface area contributed by atoms with E-state index in [0.29, 0.717) is 10.6 Å². The van der Waals surface area contributed by atoms with Crippen LogP contribution in [0, 0.1) is 0 Å². The predicted molar refractivity (Wildman–Crippen MR) is 80.6 cm³/mol. The van der Waals surface area contributed by atoms with Crippen LogP contribution in [0.1, 0.15) is 62.8 Å². The van der Waals surface area contributed by atoms with Crippen LogP contribution >= 0.6 is 11.3 Å². The molecular formula is C14H24N2O2S. The molecule has 1 N–H and O–H groups in total. The largest absolute Gasteiger partial charge is 0.477 e. The Morgan fingerprint density at radius 2 is 2.00 bits per heavy atom. The van der Waals surface area contributed by atoms with Crippen LogP contribution in [0.4, 0.5) is 5.13 Å². The van der Waals surface area contributed by atoms with Crippen LogP contribution in [0.5, 0.6) is 0 Å². The van der Waals surface area contributed by atoms with E-state index < -0.39 is 5.97 Å². The van der Waals surface area contributed by atoms with Gasteiger partial charge in [-0.25, -0.2) is 9.78 Å². The van der Waals surface area contributed by atoms with Gasteiger partial charge < -0.3 is 10.0 Å². The monoisotopic (exact) mass is 284 g/mol. The summed E-state index contributed by atoms with van der Waals surface area (Å²) in [6.45, 7) is 12.0. The van der Waals surface area contributed by atoms with Crippen molar-refractivity contribution in [2.24, 2.45) is 0 Å². The lowest BCUT2D eigenvalue weighted by atomic mass is 9.91. The van der Waals surface area contributed by atoms with E-state index in [9.17, 15) is 9.90 Å². The number of carbonyl (C=O) groups is 1. The van der Waals surface area contributed by atoms with Gasteiger partial charge in [0.1, 0.15) is 4.88 Å². The van der Waals surface area contributed by atoms with Crippen molar-refractivity contribution < 1.29 is 9.90 Å². The lowest BCUT2D eigenvalue weighted by Crippen LogP contribution is -2.24. The Morgan fingerprint density at radius 3 is 2.37 bits per heavy atom. The molecule has 0 aliphatic carbocycles. The fraction of sp³-hybridized carbons (Fsp3) is 0.714. The second kappa shape index (κ2) is 6.37. The normalized spacial score (nSPS) is 11.6. The van der Waals surface area contributed by atoms with Crippen molar-refractivity contribution in [1.82, 2.24) is 4.98 Å². The minimum atomic E-state index is -0.875. The van der Waals surface area contributed by atoms with Gasteiger partial charge >= 0.3 is 5.97 Å². The van der Waals surface area contributed by atoms with Crippen molar-refractivity contribution in [1.29, 1.82) is 0 Å². The fourth-order valence-electron chi connectivity index (χ4n) is 1.84. The van der Waals surface area contributed by atoms with Crippen molar-refractivity contribution in [3.8, 4) is 0 Å². The first-order valence-corrected chi connectivity index (χ1v) is 7.62. The Hall–Kier alpha value is -1.10. The average molecular weight is 284 g/mol. The third-order valence-electron chi connectivity index (χ3n) is 2.95. The molecule has 108 valence electrons. The lowest BCUT2D eigenvalue weighted by molar-refractivity contribution is 0.0699. The molecule has 0 spiro atoms. The maximum absolute atomic E-state index is 11.4. The van der Waals surface area contributed by atoms with Crippen molar-refractivity contribution >= 4 is 22.4 Å². The molecule has 0 amide bonds. The second-order valence-electron chi connectivity index (χ2n) is 5.66. The van der Waals surface area contributed by atoms with Gasteiger partial charge in [-0.3, -0.25) is 0 Å². The van der Waals surface area contributed by atoms with E-state index in [1.165, 1.54) is 11.3 Å². The minimum Gasteiger partial charge on any atom is -0.477 e. The summed E-state index contributed by atoms with van der Waals surface area (Å²) in [4.78, 5) is 18.5. The molecule has 0 aliphatic rings. The van der Waals surface area contributed by atoms with Gasteiger partial charge in [-0.1, -0.05) is 45.5 Å². The average Bonchev–Trinajstić information content (AvgIpc) is 2.75. The molecular weight excluding hydrogens is 260 g/mol. The van der Waals surface area contributed by atoms with Gasteiger partial charge in [0.15, 0.2) is 5.13 Å². The highest BCUT2D eigenvalue weighted by Crippen LogP contribution is 2.33. The number of rotatable bonds is 6. The molecule has 1 aromatic rings. The Bertz CT molecular complexity index is 435. The molecule has 1 rings (SSSR count). The zero-order chi connectivity index (χ0) is 14.6. The summed E-state index contributed by atoms with van der Waals surface area (Å²) in [6.07, 6.45) is 2.22. The maximum Gasteiger partial charge on any atom is 0.347 e. The van der Waals surface area contributed by atoms with Crippen LogP contribution < -0.4 is 4.90 Å². The molecule has 0 unspecified atom stereocenters. The number of nitrogens with zero attached hydrogens (tertiary/aromatic N) is 2. The molecule has 5 heteroatoms. The molecule has 0 atom stereocenters. The van der Waals surface area contributed by atoms with Crippen molar-refractivity contribution in [3.05, 3.63) is 10.6 Å². The molecule has 0 saturated carbocycles. The van der Waals surface area contributed by atoms with E-state index in [2.05, 4.69) is 23.7 Å². The van der Waals surface area contributed by atoms with Gasteiger partial charge in [0.2, 0.25) is 0 Å². The molecule has 4 nitrogen and oxygen atoms in total. The molecule has 0 aromatic carbocycles. The third kappa shape index (κ3) is 3.93. The van der Waals surface area contributed by atoms with Crippen LogP contribution in [-0.2, 0) is 5.41 Å². The highest BCUT2D eigenvalue weighted by atomic mass is 32.1. The van der Waals surface area contributed by atoms with Gasteiger partial charge in [-0.05, 0) is 13.3 Å². The summed E-state index contributed by atoms with van der Waals surface area (Å²) < 4.78 is 0. The molecule has 19 heavy (non-hydrogen) atoms. The number of anilines is 1. The number of thiazole rings is 1. The lowest BCUT2D eigenvalue weighted by Gasteiger charge is -2.20. The van der Waals surface area contributed by atoms with Gasteiger partial charge in [0, 0.05) is 18.5 Å². The van der Waals surface area contributed by atoms with Crippen molar-refractivity contribution in [3.63, 3.8) is 0 Å². The summed E-state index contributed by atoms with van der Waals surface area (Å²) in [7, 11) is 0. The molecule has 0 bridgehead atoms. The van der Waals surface area contributed by atoms with Crippen molar-refractivity contribution in [2.45, 2.75) is 52.9 Å². The number of hydrogen-bond donors (Lipinski definition) is 1. The summed E-state index contributed by atoms with van der Waals surface area (Å²) in [6, 6.07) is 0. The number of hydrogen-bond acceptors (Lipinski definition) is 4. The highest BCUT2D eigenvalue weighted by Gasteiger charge is 2.28. The van der Waals surface area contributed by atoms with Crippen LogP contribution in [0.25, 0.3) is 0 Å². The van der Waals surface area contributed by atoms with E-state index in [1.807, 2.05) is 20.8 Å². The standard InChI is InChI=1S/C14H24N2O2S/c1-6-8-9-16(7-2)13-15-11(14(3,4)5)10(19-13)12(17)18/h6-9H2,1-5H3,(H,17,18). The number of aromatic carboxylic acids is 1. The number of unbranched alkanes of at least 4 members (excludes halogenated alkanes) is 1. The first-order valence-electron chi connectivity index (χ1n) is 6.80. The smallest absolute Gasteiger partial charge is 0.347 e. The van der Waals surface area contributed by atoms with Gasteiger partial charge in [0.05, 0.1) is 5.69 Å². The Balaban J connectivity index is 3.12. The van der Waals surface area contributed by atoms with Gasteiger partial charge in [-0.2, -0.15) is 0 Å². The third-order valence-corrected chi connectivity index (χ3v) is 4.06. The quantitative estimate of drug-likeness (QED) is 0.864. The van der Waals surface area contributed by atoms with Crippen LogP contribution in [0.2, 0.25) is 0 Å². The van der Waals surface area contributed by atoms with Gasteiger partial charge in [0.25, 0.3) is 0 Å². The number of carboxylic acids is 1. The maximum atomic E-state index is 11.4. The molecule has 1 aromatic heterocycles. The first-order chi connectivity index (χ1) is 8.81. The number of aromatic nitrogens is 1. The van der Waals surface area contributed by atoms with E-state index >= 15 is 0 Å². The van der Waals surface area contributed by atoms with Crippen LogP contribution in [-0.4, -0.2) is 29.1 Å². The Morgan fingerprint density at radius 1 is 1.37 bits per heavy atom. The zero-order valence-electron chi connectivity index (χ0n) is 12.5. The topological polar surface area (TPSA) is 53.4 Å². The molecule has 0 radical (unpaired) electrons. The minimum absolute atomic E-state index is 0.243. The molecule has 0 aliphatic heterocycles. The van der Waals surface area contributed by atoms with Crippen LogP contribution in [0.15, 0.2) is 0 Å². The van der Waals surface area contributed by atoms with E-state index in [1.54, 1.807) is 0 Å². The van der Waals surface area contributed by atoms with Crippen molar-refractivity contribution in [2.75, 3.05) is 18.0 Å². The van der Waals surface area contributed by atoms with E-state index in [0.717, 1.165) is 31.1 Å². The summed E-state index contributed by atoms with van der Waals surface area (Å²) in [5.74, 6) is -0.875. The second-order valence-corrected chi connectivity index (χ2v) is 6.64. The summed E-state index contributed by atoms with van der Waals surface area (Å²) in [5, 5.41) is 10.2.